The zero-order valence-electron chi connectivity index (χ0n) is 21.8. The van der Waals surface area contributed by atoms with E-state index in [9.17, 15) is 24.1 Å². The molecule has 6 atom stereocenters. The minimum Gasteiger partial charge on any atom is -0.461 e. The highest BCUT2D eigenvalue weighted by Gasteiger charge is 2.54. The smallest absolute Gasteiger partial charge is 0.380 e. The van der Waals surface area contributed by atoms with Gasteiger partial charge in [0, 0.05) is 12.3 Å². The van der Waals surface area contributed by atoms with Gasteiger partial charge in [0.05, 0.1) is 18.7 Å². The van der Waals surface area contributed by atoms with Gasteiger partial charge in [-0.15, -0.1) is 11.6 Å². The number of aliphatic hydroxyl groups is 1. The van der Waals surface area contributed by atoms with Crippen LogP contribution >= 0.6 is 19.2 Å². The van der Waals surface area contributed by atoms with Gasteiger partial charge in [0.1, 0.15) is 29.4 Å². The van der Waals surface area contributed by atoms with Crippen molar-refractivity contribution in [2.24, 2.45) is 5.92 Å². The molecule has 3 aromatic rings. The SMILES string of the molecule is C[C@@H](CP(=O)(OC[C@H]1O[C@@H](n2ccc(=O)[nH]c2=O)[C@](C)(Cl)[C@@H]1O)Oc1ccccc1)C(=O)OCc1ccccc1. The number of H-pyrrole nitrogens is 1. The Balaban J connectivity index is 1.48. The number of aromatic nitrogens is 2. The Kier molecular flexibility index (Phi) is 9.33. The average molecular weight is 593 g/mol. The Morgan fingerprint density at radius 3 is 2.45 bits per heavy atom. The maximum atomic E-state index is 13.9. The molecule has 13 heteroatoms. The molecular weight excluding hydrogens is 563 g/mol. The van der Waals surface area contributed by atoms with Gasteiger partial charge >= 0.3 is 19.3 Å². The molecule has 40 heavy (non-hydrogen) atoms. The largest absolute Gasteiger partial charge is 0.461 e. The molecule has 1 aromatic heterocycles. The quantitative estimate of drug-likeness (QED) is 0.194. The van der Waals surface area contributed by atoms with Gasteiger partial charge in [0.25, 0.3) is 5.56 Å². The molecule has 1 fully saturated rings. The first-order chi connectivity index (χ1) is 19.0. The summed E-state index contributed by atoms with van der Waals surface area (Å²) in [5.74, 6) is -1.20. The topological polar surface area (TPSA) is 146 Å². The molecule has 4 rings (SSSR count). The van der Waals surface area contributed by atoms with Crippen LogP contribution in [0.1, 0.15) is 25.6 Å². The molecule has 2 heterocycles. The van der Waals surface area contributed by atoms with Crippen LogP contribution < -0.4 is 15.8 Å². The van der Waals surface area contributed by atoms with E-state index in [1.807, 2.05) is 30.3 Å². The van der Waals surface area contributed by atoms with E-state index in [4.69, 9.17) is 30.1 Å². The minimum absolute atomic E-state index is 0.0522. The number of carbonyl (C=O) groups is 1. The second-order valence-electron chi connectivity index (χ2n) is 9.63. The lowest BCUT2D eigenvalue weighted by atomic mass is 10.0. The second kappa shape index (κ2) is 12.5. The van der Waals surface area contributed by atoms with E-state index in [0.717, 1.165) is 16.2 Å². The van der Waals surface area contributed by atoms with Gasteiger partial charge < -0.3 is 19.1 Å². The molecule has 1 aliphatic heterocycles. The predicted octanol–water partition coefficient (Wildman–Crippen LogP) is 3.46. The summed E-state index contributed by atoms with van der Waals surface area (Å²) in [5, 5.41) is 10.9. The lowest BCUT2D eigenvalue weighted by Gasteiger charge is -2.26. The Labute approximate surface area is 235 Å². The fraction of sp³-hybridized carbons (Fsp3) is 0.370. The lowest BCUT2D eigenvalue weighted by molar-refractivity contribution is -0.148. The van der Waals surface area contributed by atoms with E-state index in [1.165, 1.54) is 13.1 Å². The number of hydrogen-bond donors (Lipinski definition) is 2. The number of para-hydroxylation sites is 1. The number of ether oxygens (including phenoxy) is 2. The Hall–Kier alpha value is -3.21. The van der Waals surface area contributed by atoms with Crippen molar-refractivity contribution in [1.29, 1.82) is 0 Å². The van der Waals surface area contributed by atoms with E-state index in [-0.39, 0.29) is 18.5 Å². The van der Waals surface area contributed by atoms with Gasteiger partial charge in [-0.05, 0) is 24.6 Å². The van der Waals surface area contributed by atoms with Crippen molar-refractivity contribution in [3.63, 3.8) is 0 Å². The van der Waals surface area contributed by atoms with Crippen molar-refractivity contribution in [1.82, 2.24) is 9.55 Å². The molecule has 1 aliphatic rings. The van der Waals surface area contributed by atoms with Gasteiger partial charge in [-0.3, -0.25) is 23.7 Å². The number of esters is 1. The van der Waals surface area contributed by atoms with Gasteiger partial charge in [-0.2, -0.15) is 0 Å². The van der Waals surface area contributed by atoms with E-state index in [1.54, 1.807) is 37.3 Å². The predicted molar refractivity (Wildman–Crippen MR) is 146 cm³/mol. The van der Waals surface area contributed by atoms with Crippen molar-refractivity contribution in [2.75, 3.05) is 12.8 Å². The maximum Gasteiger partial charge on any atom is 0.380 e. The van der Waals surface area contributed by atoms with Crippen LogP contribution in [0.5, 0.6) is 5.75 Å². The van der Waals surface area contributed by atoms with Gasteiger partial charge in [0.2, 0.25) is 0 Å². The van der Waals surface area contributed by atoms with E-state index < -0.39 is 60.6 Å². The van der Waals surface area contributed by atoms with E-state index >= 15 is 0 Å². The molecule has 1 unspecified atom stereocenters. The van der Waals surface area contributed by atoms with Crippen molar-refractivity contribution < 1.29 is 33.0 Å². The first-order valence-electron chi connectivity index (χ1n) is 12.5. The maximum absolute atomic E-state index is 13.9. The third kappa shape index (κ3) is 7.10. The van der Waals surface area contributed by atoms with Crippen LogP contribution in [0.4, 0.5) is 0 Å². The third-order valence-electron chi connectivity index (χ3n) is 6.37. The highest BCUT2D eigenvalue weighted by Crippen LogP contribution is 2.51. The average Bonchev–Trinajstić information content (AvgIpc) is 3.15. The summed E-state index contributed by atoms with van der Waals surface area (Å²) < 4.78 is 37.7. The van der Waals surface area contributed by atoms with Gasteiger partial charge in [-0.1, -0.05) is 55.5 Å². The number of aliphatic hydroxyl groups excluding tert-OH is 1. The zero-order valence-corrected chi connectivity index (χ0v) is 23.5. The number of nitrogens with one attached hydrogen (secondary N) is 1. The molecule has 2 aromatic carbocycles. The molecule has 0 bridgehead atoms. The first kappa shape index (κ1) is 29.8. The minimum atomic E-state index is -4.03. The highest BCUT2D eigenvalue weighted by molar-refractivity contribution is 7.54. The normalized spacial score (nSPS) is 24.6. The second-order valence-corrected chi connectivity index (χ2v) is 12.5. The van der Waals surface area contributed by atoms with Crippen LogP contribution in [0.25, 0.3) is 0 Å². The summed E-state index contributed by atoms with van der Waals surface area (Å²) in [6.07, 6.45) is -2.78. The number of aromatic amines is 1. The van der Waals surface area contributed by atoms with Crippen molar-refractivity contribution in [3.8, 4) is 5.75 Å². The van der Waals surface area contributed by atoms with Crippen LogP contribution in [0.15, 0.2) is 82.5 Å². The third-order valence-corrected chi connectivity index (χ3v) is 8.80. The van der Waals surface area contributed by atoms with Crippen molar-refractivity contribution >= 4 is 25.2 Å². The molecular formula is C27H30ClN2O9P. The van der Waals surface area contributed by atoms with Crippen LogP contribution in [0, 0.1) is 5.92 Å². The van der Waals surface area contributed by atoms with Crippen LogP contribution in [0.3, 0.4) is 0 Å². The van der Waals surface area contributed by atoms with Gasteiger partial charge in [0.15, 0.2) is 6.23 Å². The lowest BCUT2D eigenvalue weighted by Crippen LogP contribution is -2.43. The Bertz CT molecular complexity index is 1460. The molecule has 214 valence electrons. The molecule has 0 radical (unpaired) electrons. The number of rotatable bonds is 11. The number of nitrogens with zero attached hydrogens (tertiary/aromatic N) is 1. The summed E-state index contributed by atoms with van der Waals surface area (Å²) >= 11 is 6.57. The van der Waals surface area contributed by atoms with E-state index in [0.29, 0.717) is 0 Å². The fourth-order valence-electron chi connectivity index (χ4n) is 4.19. The molecule has 11 nitrogen and oxygen atoms in total. The standard InChI is InChI=1S/C27H30ClN2O9P/c1-18(24(33)36-15-19-9-5-3-6-10-19)17-40(35,39-20-11-7-4-8-12-20)37-16-21-23(32)27(2,28)25(38-21)30-14-13-22(31)29-26(30)34/h3-14,18,21,23,25,32H,15-17H2,1-2H3,(H,29,31,34)/t18-,21+,23+,25+,27+,40?/m0/s1. The van der Waals surface area contributed by atoms with Crippen LogP contribution in [0.2, 0.25) is 0 Å². The number of halogens is 1. The Morgan fingerprint density at radius 1 is 1.15 bits per heavy atom. The number of alkyl halides is 1. The molecule has 1 saturated heterocycles. The molecule has 0 aliphatic carbocycles. The number of carbonyl (C=O) groups excluding carboxylic acids is 1. The monoisotopic (exact) mass is 592 g/mol. The van der Waals surface area contributed by atoms with Crippen LogP contribution in [-0.4, -0.2) is 50.5 Å². The zero-order chi connectivity index (χ0) is 28.9. The molecule has 0 amide bonds. The molecule has 2 N–H and O–H groups in total. The van der Waals surface area contributed by atoms with Crippen LogP contribution in [-0.2, 0) is 30.0 Å². The summed E-state index contributed by atoms with van der Waals surface area (Å²) in [7, 11) is -4.03. The number of hydrogen-bond acceptors (Lipinski definition) is 9. The number of benzene rings is 2. The summed E-state index contributed by atoms with van der Waals surface area (Å²) in [4.78, 5) is 37.1. The molecule has 0 saturated carbocycles. The molecule has 0 spiro atoms. The van der Waals surface area contributed by atoms with Gasteiger partial charge in [-0.25, -0.2) is 9.36 Å². The van der Waals surface area contributed by atoms with E-state index in [2.05, 4.69) is 4.98 Å². The Morgan fingerprint density at radius 2 is 1.80 bits per heavy atom. The fourth-order valence-corrected chi connectivity index (χ4v) is 6.36. The first-order valence-corrected chi connectivity index (χ1v) is 14.6. The van der Waals surface area contributed by atoms with Crippen molar-refractivity contribution in [2.45, 2.75) is 43.8 Å². The summed E-state index contributed by atoms with van der Waals surface area (Å²) in [5.41, 5.74) is -0.582. The summed E-state index contributed by atoms with van der Waals surface area (Å²) in [6, 6.07) is 18.6. The summed E-state index contributed by atoms with van der Waals surface area (Å²) in [6.45, 7) is 2.63. The highest BCUT2D eigenvalue weighted by atomic mass is 35.5. The van der Waals surface area contributed by atoms with Crippen molar-refractivity contribution in [3.05, 3.63) is 99.3 Å².